The molecule has 0 radical (unpaired) electrons. The van der Waals surface area contributed by atoms with Crippen LogP contribution in [0.4, 0.5) is 0 Å². The highest BCUT2D eigenvalue weighted by Crippen LogP contribution is 2.36. The summed E-state index contributed by atoms with van der Waals surface area (Å²) in [5.41, 5.74) is -1.80. The summed E-state index contributed by atoms with van der Waals surface area (Å²) >= 11 is 0. The molecule has 0 atom stereocenters. The van der Waals surface area contributed by atoms with Crippen molar-refractivity contribution < 1.29 is 58.1 Å². The van der Waals surface area contributed by atoms with Gasteiger partial charge in [0.2, 0.25) is 5.79 Å². The number of aliphatic hydroxyl groups excluding tert-OH is 3. The summed E-state index contributed by atoms with van der Waals surface area (Å²) in [6, 6.07) is 0. The molecule has 0 spiro atoms. The molecule has 12 nitrogen and oxygen atoms in total. The number of carbonyl (C=O) groups excluding carboxylic acids is 3. The van der Waals surface area contributed by atoms with Crippen LogP contribution in [-0.4, -0.2) is 105 Å². The van der Waals surface area contributed by atoms with Crippen LogP contribution >= 0.6 is 0 Å². The molecule has 0 saturated heterocycles. The van der Waals surface area contributed by atoms with Crippen LogP contribution in [0.15, 0.2) is 38.0 Å². The molecule has 3 N–H and O–H groups in total. The summed E-state index contributed by atoms with van der Waals surface area (Å²) in [6.07, 6.45) is 2.87. The Kier molecular flexibility index (Phi) is 15.6. The van der Waals surface area contributed by atoms with Gasteiger partial charge in [-0.1, -0.05) is 19.7 Å². The lowest BCUT2D eigenvalue weighted by molar-refractivity contribution is -0.340. The van der Waals surface area contributed by atoms with Gasteiger partial charge in [-0.15, -0.1) is 0 Å². The van der Waals surface area contributed by atoms with Crippen molar-refractivity contribution in [3.8, 4) is 0 Å². The molecule has 0 bridgehead atoms. The topological polar surface area (TPSA) is 167 Å². The van der Waals surface area contributed by atoms with Crippen molar-refractivity contribution in [1.82, 2.24) is 0 Å². The van der Waals surface area contributed by atoms with Gasteiger partial charge in [0.15, 0.2) is 0 Å². The molecule has 0 unspecified atom stereocenters. The van der Waals surface area contributed by atoms with E-state index in [4.69, 9.17) is 28.4 Å². The SMILES string of the molecule is C=CC(=O)OCCOCC(OCCOC(=O)C=C)(OCCOC(=O)C=C)C(CO)(CO)CO. The molecule has 0 aliphatic carbocycles. The molecule has 0 aromatic heterocycles. The highest BCUT2D eigenvalue weighted by Gasteiger charge is 2.54. The van der Waals surface area contributed by atoms with E-state index in [0.29, 0.717) is 0 Å². The average Bonchev–Trinajstić information content (AvgIpc) is 2.84. The number of carbonyl (C=O) groups is 3. The van der Waals surface area contributed by atoms with E-state index in [0.717, 1.165) is 18.2 Å². The smallest absolute Gasteiger partial charge is 0.330 e. The van der Waals surface area contributed by atoms with Gasteiger partial charge in [-0.25, -0.2) is 14.4 Å². The summed E-state index contributed by atoms with van der Waals surface area (Å²) in [5, 5.41) is 29.9. The molecule has 0 aromatic rings. The summed E-state index contributed by atoms with van der Waals surface area (Å²) in [4.78, 5) is 33.6. The minimum absolute atomic E-state index is 0.136. The van der Waals surface area contributed by atoms with Crippen LogP contribution < -0.4 is 0 Å². The molecule has 0 saturated carbocycles. The van der Waals surface area contributed by atoms with Gasteiger partial charge in [-0.2, -0.15) is 0 Å². The second-order valence-corrected chi connectivity index (χ2v) is 6.37. The second-order valence-electron chi connectivity index (χ2n) is 6.37. The van der Waals surface area contributed by atoms with Crippen LogP contribution in [0.1, 0.15) is 0 Å². The van der Waals surface area contributed by atoms with E-state index in [1.54, 1.807) is 0 Å². The first kappa shape index (κ1) is 30.4. The summed E-state index contributed by atoms with van der Waals surface area (Å²) in [6.45, 7) is 5.56. The monoisotopic (exact) mass is 476 g/mol. The van der Waals surface area contributed by atoms with Gasteiger partial charge in [-0.05, 0) is 0 Å². The first-order chi connectivity index (χ1) is 15.8. The van der Waals surface area contributed by atoms with Crippen molar-refractivity contribution in [1.29, 1.82) is 0 Å². The normalized spacial score (nSPS) is 11.4. The molecule has 0 heterocycles. The molecule has 188 valence electrons. The Morgan fingerprint density at radius 3 is 1.33 bits per heavy atom. The maximum absolute atomic E-state index is 11.3. The Labute approximate surface area is 192 Å². The van der Waals surface area contributed by atoms with Crippen LogP contribution in [0.2, 0.25) is 0 Å². The summed E-state index contributed by atoms with van der Waals surface area (Å²) in [5.74, 6) is -4.07. The minimum Gasteiger partial charge on any atom is -0.460 e. The van der Waals surface area contributed by atoms with Crippen molar-refractivity contribution in [3.63, 3.8) is 0 Å². The van der Waals surface area contributed by atoms with E-state index < -0.39 is 55.5 Å². The van der Waals surface area contributed by atoms with E-state index in [1.807, 2.05) is 0 Å². The second kappa shape index (κ2) is 16.9. The molecule has 0 amide bonds. The van der Waals surface area contributed by atoms with Gasteiger partial charge in [0.05, 0.1) is 45.1 Å². The number of hydrogen-bond acceptors (Lipinski definition) is 12. The van der Waals surface area contributed by atoms with Gasteiger partial charge >= 0.3 is 17.9 Å². The number of aliphatic hydroxyl groups is 3. The Balaban J connectivity index is 5.54. The fourth-order valence-corrected chi connectivity index (χ4v) is 2.38. The minimum atomic E-state index is -1.99. The number of hydrogen-bond donors (Lipinski definition) is 3. The number of esters is 3. The molecule has 0 aromatic carbocycles. The van der Waals surface area contributed by atoms with E-state index in [-0.39, 0.29) is 39.6 Å². The quantitative estimate of drug-likeness (QED) is 0.0638. The van der Waals surface area contributed by atoms with Gasteiger partial charge in [0.25, 0.3) is 0 Å². The van der Waals surface area contributed by atoms with Crippen LogP contribution in [-0.2, 0) is 42.8 Å². The predicted octanol–water partition coefficient (Wildman–Crippen LogP) is -1.12. The third-order valence-corrected chi connectivity index (χ3v) is 4.31. The molecular formula is C21H32O12. The maximum Gasteiger partial charge on any atom is 0.330 e. The van der Waals surface area contributed by atoms with Crippen LogP contribution in [0.3, 0.4) is 0 Å². The van der Waals surface area contributed by atoms with Crippen molar-refractivity contribution >= 4 is 17.9 Å². The summed E-state index contributed by atoms with van der Waals surface area (Å²) < 4.78 is 31.4. The van der Waals surface area contributed by atoms with Crippen molar-refractivity contribution in [2.45, 2.75) is 5.79 Å². The Bertz CT molecular complexity index is 605. The van der Waals surface area contributed by atoms with Gasteiger partial charge < -0.3 is 43.7 Å². The standard InChI is InChI=1S/C21H32O12/c1-4-17(25)29-8-7-28-16-21(20(13-22,14-23)15-24,32-11-9-30-18(26)5-2)33-12-10-31-19(27)6-3/h4-6,22-24H,1-3,7-16H2. The lowest BCUT2D eigenvalue weighted by atomic mass is 9.81. The number of rotatable bonds is 20. The van der Waals surface area contributed by atoms with Crippen molar-refractivity contribution in [3.05, 3.63) is 38.0 Å². The fraction of sp³-hybridized carbons (Fsp3) is 0.571. The van der Waals surface area contributed by atoms with E-state index in [9.17, 15) is 29.7 Å². The van der Waals surface area contributed by atoms with E-state index in [1.165, 1.54) is 0 Å². The van der Waals surface area contributed by atoms with Crippen molar-refractivity contribution in [2.75, 3.05) is 66.1 Å². The van der Waals surface area contributed by atoms with E-state index >= 15 is 0 Å². The van der Waals surface area contributed by atoms with Crippen molar-refractivity contribution in [2.24, 2.45) is 5.41 Å². The zero-order valence-electron chi connectivity index (χ0n) is 18.4. The molecule has 0 rings (SSSR count). The highest BCUT2D eigenvalue weighted by atomic mass is 16.7. The van der Waals surface area contributed by atoms with Crippen LogP contribution in [0.25, 0.3) is 0 Å². The largest absolute Gasteiger partial charge is 0.460 e. The average molecular weight is 476 g/mol. The molecule has 12 heteroatoms. The van der Waals surface area contributed by atoms with Gasteiger partial charge in [0, 0.05) is 18.2 Å². The molecule has 0 fully saturated rings. The Morgan fingerprint density at radius 2 is 1.00 bits per heavy atom. The Hall–Kier alpha value is -2.61. The lowest BCUT2D eigenvalue weighted by Gasteiger charge is -2.46. The van der Waals surface area contributed by atoms with Crippen LogP contribution in [0, 0.1) is 5.41 Å². The molecular weight excluding hydrogens is 444 g/mol. The first-order valence-electron chi connectivity index (χ1n) is 9.86. The third-order valence-electron chi connectivity index (χ3n) is 4.31. The fourth-order valence-electron chi connectivity index (χ4n) is 2.38. The van der Waals surface area contributed by atoms with Gasteiger partial charge in [-0.3, -0.25) is 0 Å². The predicted molar refractivity (Wildman–Crippen MR) is 113 cm³/mol. The molecule has 33 heavy (non-hydrogen) atoms. The van der Waals surface area contributed by atoms with Crippen LogP contribution in [0.5, 0.6) is 0 Å². The Morgan fingerprint density at radius 1 is 0.636 bits per heavy atom. The van der Waals surface area contributed by atoms with E-state index in [2.05, 4.69) is 19.7 Å². The third kappa shape index (κ3) is 10.2. The molecule has 0 aliphatic heterocycles. The van der Waals surface area contributed by atoms with Gasteiger partial charge in [0.1, 0.15) is 26.4 Å². The highest BCUT2D eigenvalue weighted by molar-refractivity contribution is 5.81. The number of ether oxygens (including phenoxy) is 6. The maximum atomic E-state index is 11.3. The molecule has 0 aliphatic rings. The zero-order valence-corrected chi connectivity index (χ0v) is 18.4. The lowest BCUT2D eigenvalue weighted by Crippen LogP contribution is -2.62. The first-order valence-corrected chi connectivity index (χ1v) is 9.86. The zero-order chi connectivity index (χ0) is 25.2. The summed E-state index contributed by atoms with van der Waals surface area (Å²) in [7, 11) is 0.